The van der Waals surface area contributed by atoms with Crippen LogP contribution in [0, 0.1) is 0 Å². The Morgan fingerprint density at radius 3 is 2.40 bits per heavy atom. The lowest BCUT2D eigenvalue weighted by atomic mass is 10.1. The van der Waals surface area contributed by atoms with Crippen molar-refractivity contribution in [1.29, 1.82) is 0 Å². The number of hydrogen-bond acceptors (Lipinski definition) is 2. The Bertz CT molecular complexity index is 187. The van der Waals surface area contributed by atoms with Crippen LogP contribution < -0.4 is 5.32 Å². The van der Waals surface area contributed by atoms with Gasteiger partial charge in [0.2, 0.25) is 5.91 Å². The van der Waals surface area contributed by atoms with E-state index in [1.54, 1.807) is 6.92 Å². The van der Waals surface area contributed by atoms with E-state index in [9.17, 15) is 4.79 Å². The van der Waals surface area contributed by atoms with Crippen molar-refractivity contribution in [1.82, 2.24) is 5.32 Å². The molecule has 0 aromatic heterocycles. The van der Waals surface area contributed by atoms with Crippen LogP contribution in [0.25, 0.3) is 0 Å². The fraction of sp³-hybridized carbons (Fsp3) is 0.917. The highest BCUT2D eigenvalue weighted by Gasteiger charge is 2.15. The summed E-state index contributed by atoms with van der Waals surface area (Å²) in [6.45, 7) is 10.4. The maximum atomic E-state index is 11.0. The van der Waals surface area contributed by atoms with Crippen LogP contribution in [0.5, 0.6) is 0 Å². The van der Waals surface area contributed by atoms with E-state index in [0.717, 1.165) is 12.2 Å². The van der Waals surface area contributed by atoms with E-state index in [1.165, 1.54) is 12.8 Å². The van der Waals surface area contributed by atoms with Gasteiger partial charge in [0.05, 0.1) is 0 Å². The summed E-state index contributed by atoms with van der Waals surface area (Å²) >= 11 is 1.92. The monoisotopic (exact) mass is 231 g/mol. The highest BCUT2D eigenvalue weighted by atomic mass is 32.2. The maximum absolute atomic E-state index is 11.0. The van der Waals surface area contributed by atoms with Gasteiger partial charge in [-0.1, -0.05) is 40.5 Å². The number of unbranched alkanes of at least 4 members (excludes halogenated alkanes) is 1. The minimum atomic E-state index is 0.0885. The second-order valence-electron chi connectivity index (χ2n) is 4.96. The lowest BCUT2D eigenvalue weighted by Crippen LogP contribution is -2.36. The molecule has 0 aromatic carbocycles. The summed E-state index contributed by atoms with van der Waals surface area (Å²) in [6.07, 6.45) is 3.48. The first-order valence-electron chi connectivity index (χ1n) is 5.76. The Labute approximate surface area is 98.6 Å². The van der Waals surface area contributed by atoms with E-state index in [4.69, 9.17) is 0 Å². The van der Waals surface area contributed by atoms with Gasteiger partial charge in [-0.05, 0) is 6.42 Å². The van der Waals surface area contributed by atoms with Gasteiger partial charge in [0, 0.05) is 23.5 Å². The smallest absolute Gasteiger partial charge is 0.217 e. The van der Waals surface area contributed by atoms with Crippen LogP contribution in [0.4, 0.5) is 0 Å². The van der Waals surface area contributed by atoms with E-state index in [-0.39, 0.29) is 10.7 Å². The predicted octanol–water partition coefficient (Wildman–Crippen LogP) is 3.21. The lowest BCUT2D eigenvalue weighted by molar-refractivity contribution is -0.119. The second-order valence-corrected chi connectivity index (χ2v) is 6.81. The molecule has 0 aliphatic carbocycles. The summed E-state index contributed by atoms with van der Waals surface area (Å²) in [5.41, 5.74) is 0. The van der Waals surface area contributed by atoms with Gasteiger partial charge < -0.3 is 5.32 Å². The summed E-state index contributed by atoms with van der Waals surface area (Å²) in [5, 5.41) is 3.03. The van der Waals surface area contributed by atoms with Gasteiger partial charge in [0.1, 0.15) is 0 Å². The topological polar surface area (TPSA) is 29.1 Å². The van der Waals surface area contributed by atoms with E-state index in [2.05, 4.69) is 33.0 Å². The molecule has 1 N–H and O–H groups in total. The average molecular weight is 231 g/mol. The summed E-state index contributed by atoms with van der Waals surface area (Å²) in [5.74, 6) is 1.11. The summed E-state index contributed by atoms with van der Waals surface area (Å²) in [6, 6.07) is 0.340. The predicted molar refractivity (Wildman–Crippen MR) is 69.3 cm³/mol. The number of carbonyl (C=O) groups excluding carboxylic acids is 1. The molecular weight excluding hydrogens is 206 g/mol. The maximum Gasteiger partial charge on any atom is 0.217 e. The van der Waals surface area contributed by atoms with E-state index < -0.39 is 0 Å². The number of amides is 1. The van der Waals surface area contributed by atoms with Crippen LogP contribution in [-0.2, 0) is 4.79 Å². The minimum Gasteiger partial charge on any atom is -0.353 e. The largest absolute Gasteiger partial charge is 0.353 e. The number of nitrogens with one attached hydrogen (secondary N) is 1. The van der Waals surface area contributed by atoms with Gasteiger partial charge in [-0.15, -0.1) is 0 Å². The molecule has 0 aliphatic heterocycles. The Hall–Kier alpha value is -0.180. The zero-order valence-electron chi connectivity index (χ0n) is 10.7. The van der Waals surface area contributed by atoms with E-state index in [1.807, 2.05) is 11.8 Å². The van der Waals surface area contributed by atoms with Crippen molar-refractivity contribution in [3.63, 3.8) is 0 Å². The first-order valence-corrected chi connectivity index (χ1v) is 6.74. The van der Waals surface area contributed by atoms with Crippen molar-refractivity contribution in [2.24, 2.45) is 0 Å². The molecule has 0 aliphatic rings. The molecule has 2 nitrogen and oxygen atoms in total. The first kappa shape index (κ1) is 14.8. The van der Waals surface area contributed by atoms with E-state index >= 15 is 0 Å². The Balaban J connectivity index is 3.95. The van der Waals surface area contributed by atoms with Gasteiger partial charge in [-0.3, -0.25) is 4.79 Å². The van der Waals surface area contributed by atoms with E-state index in [0.29, 0.717) is 6.04 Å². The van der Waals surface area contributed by atoms with Crippen LogP contribution in [0.2, 0.25) is 0 Å². The zero-order valence-corrected chi connectivity index (χ0v) is 11.5. The van der Waals surface area contributed by atoms with Gasteiger partial charge >= 0.3 is 0 Å². The molecule has 1 amide bonds. The molecule has 1 atom stereocenters. The van der Waals surface area contributed by atoms with Crippen molar-refractivity contribution >= 4 is 17.7 Å². The Morgan fingerprint density at radius 1 is 1.40 bits per heavy atom. The average Bonchev–Trinajstić information content (AvgIpc) is 2.07. The molecule has 0 saturated carbocycles. The quantitative estimate of drug-likeness (QED) is 0.760. The molecule has 0 fully saturated rings. The molecule has 15 heavy (non-hydrogen) atoms. The van der Waals surface area contributed by atoms with Gasteiger partial charge in [-0.2, -0.15) is 11.8 Å². The fourth-order valence-corrected chi connectivity index (χ4v) is 2.24. The van der Waals surface area contributed by atoms with Crippen molar-refractivity contribution in [3.05, 3.63) is 0 Å². The van der Waals surface area contributed by atoms with Crippen molar-refractivity contribution in [2.45, 2.75) is 64.7 Å². The SMILES string of the molecule is CCCCC(CSC(C)(C)C)NC(C)=O. The molecular formula is C12H25NOS. The van der Waals surface area contributed by atoms with Crippen LogP contribution in [0.3, 0.4) is 0 Å². The van der Waals surface area contributed by atoms with Gasteiger partial charge in [0.25, 0.3) is 0 Å². The third-order valence-electron chi connectivity index (χ3n) is 2.03. The highest BCUT2D eigenvalue weighted by Crippen LogP contribution is 2.24. The number of thioether (sulfide) groups is 1. The standard InChI is InChI=1S/C12H25NOS/c1-6-7-8-11(13-10(2)14)9-15-12(3,4)5/h11H,6-9H2,1-5H3,(H,13,14). The Morgan fingerprint density at radius 2 is 2.00 bits per heavy atom. The van der Waals surface area contributed by atoms with Crippen molar-refractivity contribution in [2.75, 3.05) is 5.75 Å². The number of carbonyl (C=O) groups is 1. The molecule has 0 aromatic rings. The third-order valence-corrected chi connectivity index (χ3v) is 3.47. The third kappa shape index (κ3) is 10.1. The molecule has 0 heterocycles. The Kier molecular flexibility index (Phi) is 7.07. The molecule has 3 heteroatoms. The fourth-order valence-electron chi connectivity index (χ4n) is 1.29. The summed E-state index contributed by atoms with van der Waals surface area (Å²) in [4.78, 5) is 11.0. The van der Waals surface area contributed by atoms with Crippen LogP contribution >= 0.6 is 11.8 Å². The van der Waals surface area contributed by atoms with Gasteiger partial charge in [0.15, 0.2) is 0 Å². The molecule has 0 bridgehead atoms. The summed E-state index contributed by atoms with van der Waals surface area (Å²) < 4.78 is 0.281. The highest BCUT2D eigenvalue weighted by molar-refractivity contribution is 8.00. The molecule has 90 valence electrons. The minimum absolute atomic E-state index is 0.0885. The summed E-state index contributed by atoms with van der Waals surface area (Å²) in [7, 11) is 0. The van der Waals surface area contributed by atoms with Crippen LogP contribution in [0.15, 0.2) is 0 Å². The zero-order chi connectivity index (χ0) is 11.9. The number of rotatable bonds is 6. The second kappa shape index (κ2) is 7.15. The molecule has 1 unspecified atom stereocenters. The normalized spacial score (nSPS) is 13.7. The first-order chi connectivity index (χ1) is 6.85. The molecule has 0 saturated heterocycles. The molecule has 0 spiro atoms. The van der Waals surface area contributed by atoms with Crippen LogP contribution in [0.1, 0.15) is 53.9 Å². The van der Waals surface area contributed by atoms with Crippen LogP contribution in [-0.4, -0.2) is 22.4 Å². The van der Waals surface area contributed by atoms with Crippen molar-refractivity contribution in [3.8, 4) is 0 Å². The van der Waals surface area contributed by atoms with Gasteiger partial charge in [-0.25, -0.2) is 0 Å². The lowest BCUT2D eigenvalue weighted by Gasteiger charge is -2.23. The van der Waals surface area contributed by atoms with Crippen molar-refractivity contribution < 1.29 is 4.79 Å². The molecule has 0 radical (unpaired) electrons. The number of hydrogen-bond donors (Lipinski definition) is 1. The molecule has 0 rings (SSSR count).